The van der Waals surface area contributed by atoms with E-state index in [1.807, 2.05) is 46.6 Å². The van der Waals surface area contributed by atoms with E-state index in [0.29, 0.717) is 45.4 Å². The zero-order valence-electron chi connectivity index (χ0n) is 37.2. The second-order valence-corrected chi connectivity index (χ2v) is 18.4. The van der Waals surface area contributed by atoms with Gasteiger partial charge in [-0.05, 0) is 73.8 Å². The number of likely N-dealkylation sites (N-methyl/N-ethyl adjacent to an activating group) is 1. The smallest absolute Gasteiger partial charge is 0.410 e. The third-order valence-electron chi connectivity index (χ3n) is 14.2. The number of aliphatic hydroxyl groups is 2. The molecule has 4 saturated heterocycles. The molecule has 5 aliphatic heterocycles. The normalized spacial score (nSPS) is 46.9. The lowest BCUT2D eigenvalue weighted by molar-refractivity contribution is -0.319. The number of carbonyl (C=O) groups is 2. The number of esters is 1. The number of methoxy groups -OCH3 is 2. The molecule has 16 heteroatoms. The van der Waals surface area contributed by atoms with Crippen LogP contribution in [-0.2, 0) is 42.7 Å². The lowest BCUT2D eigenvalue weighted by Crippen LogP contribution is -2.62. The number of aliphatic imine (C=N–C) groups is 1. The number of hydrogen-bond acceptors (Lipinski definition) is 15. The van der Waals surface area contributed by atoms with Crippen molar-refractivity contribution in [3.8, 4) is 0 Å². The molecule has 4 fully saturated rings. The molecule has 0 saturated carbocycles. The molecule has 0 aromatic heterocycles. The Morgan fingerprint density at radius 3 is 2.26 bits per heavy atom. The molecule has 5 heterocycles. The zero-order chi connectivity index (χ0) is 43.1. The van der Waals surface area contributed by atoms with E-state index in [4.69, 9.17) is 48.6 Å². The number of fused-ring (bicyclic) bond motifs is 1. The first kappa shape index (κ1) is 47.1. The Kier molecular flexibility index (Phi) is 15.1. The van der Waals surface area contributed by atoms with Gasteiger partial charge in [0.05, 0.1) is 54.1 Å². The summed E-state index contributed by atoms with van der Waals surface area (Å²) in [5.74, 6) is -2.53. The van der Waals surface area contributed by atoms with Gasteiger partial charge in [-0.15, -0.1) is 0 Å². The predicted molar refractivity (Wildman–Crippen MR) is 215 cm³/mol. The maximum atomic E-state index is 14.7. The van der Waals surface area contributed by atoms with E-state index in [-0.39, 0.29) is 30.4 Å². The standard InChI is InChI=1S/C42H74N4O12/c1-14-29-42(10)34-24(4)31(44-16-18-46(34)39(50)58-42)22(2)20-41(9,52-13)36(57-38-32(47)28(19-23(3)53-38)45(11)17-15-43)25(5)33(26(6)37(49)55-29)56-30-21-40(8,51-12)35(48)27(7)54-30/h22-30,32-36,38,47-48H,14-21,43H2,1-13H3/t22-,23-,24+,25+,26-,27+,28+,29-,30+,32-,33+,34-,35+,36-,38+,40-,41+,42-/m1/s1. The Bertz CT molecular complexity index is 1460. The average molecular weight is 827 g/mol. The topological polar surface area (TPSA) is 193 Å². The molecule has 334 valence electrons. The van der Waals surface area contributed by atoms with Crippen LogP contribution >= 0.6 is 0 Å². The quantitative estimate of drug-likeness (QED) is 0.272. The van der Waals surface area contributed by atoms with Crippen molar-refractivity contribution in [3.05, 3.63) is 0 Å². The number of rotatable bonds is 10. The molecule has 16 nitrogen and oxygen atoms in total. The Labute approximate surface area is 345 Å². The van der Waals surface area contributed by atoms with Crippen molar-refractivity contribution < 1.29 is 57.7 Å². The highest BCUT2D eigenvalue weighted by Gasteiger charge is 2.61. The van der Waals surface area contributed by atoms with E-state index in [0.717, 1.165) is 5.71 Å². The first-order valence-corrected chi connectivity index (χ1v) is 21.4. The summed E-state index contributed by atoms with van der Waals surface area (Å²) in [4.78, 5) is 37.1. The van der Waals surface area contributed by atoms with E-state index in [2.05, 4.69) is 13.8 Å². The third kappa shape index (κ3) is 8.98. The average Bonchev–Trinajstić information content (AvgIpc) is 3.30. The molecule has 0 spiro atoms. The second kappa shape index (κ2) is 18.5. The summed E-state index contributed by atoms with van der Waals surface area (Å²) in [7, 11) is 5.10. The first-order valence-electron chi connectivity index (χ1n) is 21.4. The minimum atomic E-state index is -1.18. The van der Waals surface area contributed by atoms with Gasteiger partial charge in [0, 0.05) is 63.9 Å². The van der Waals surface area contributed by atoms with Crippen LogP contribution in [0.2, 0.25) is 0 Å². The van der Waals surface area contributed by atoms with Crippen molar-refractivity contribution in [2.45, 2.75) is 179 Å². The van der Waals surface area contributed by atoms with Crippen LogP contribution in [0, 0.1) is 23.7 Å². The Balaban J connectivity index is 1.65. The van der Waals surface area contributed by atoms with E-state index < -0.39 is 95.9 Å². The van der Waals surface area contributed by atoms with Gasteiger partial charge in [0.1, 0.15) is 18.3 Å². The highest BCUT2D eigenvalue weighted by molar-refractivity contribution is 5.91. The molecule has 58 heavy (non-hydrogen) atoms. The van der Waals surface area contributed by atoms with Gasteiger partial charge in [-0.1, -0.05) is 27.7 Å². The van der Waals surface area contributed by atoms with Gasteiger partial charge in [0.2, 0.25) is 0 Å². The van der Waals surface area contributed by atoms with Crippen molar-refractivity contribution >= 4 is 17.8 Å². The highest BCUT2D eigenvalue weighted by atomic mass is 16.7. The maximum absolute atomic E-state index is 14.7. The van der Waals surface area contributed by atoms with Gasteiger partial charge in [-0.25, -0.2) is 4.79 Å². The zero-order valence-corrected chi connectivity index (χ0v) is 37.2. The lowest BCUT2D eigenvalue weighted by Gasteiger charge is -2.50. The van der Waals surface area contributed by atoms with Gasteiger partial charge in [-0.2, -0.15) is 0 Å². The van der Waals surface area contributed by atoms with Crippen LogP contribution in [0.3, 0.4) is 0 Å². The molecule has 0 aromatic carbocycles. The van der Waals surface area contributed by atoms with E-state index in [1.54, 1.807) is 32.8 Å². The molecule has 0 radical (unpaired) electrons. The van der Waals surface area contributed by atoms with Gasteiger partial charge >= 0.3 is 12.1 Å². The van der Waals surface area contributed by atoms with Gasteiger partial charge < -0.3 is 53.8 Å². The van der Waals surface area contributed by atoms with Crippen molar-refractivity contribution in [1.82, 2.24) is 9.80 Å². The third-order valence-corrected chi connectivity index (χ3v) is 14.2. The van der Waals surface area contributed by atoms with Crippen LogP contribution < -0.4 is 5.73 Å². The summed E-state index contributed by atoms with van der Waals surface area (Å²) in [6.07, 6.45) is -6.32. The van der Waals surface area contributed by atoms with Crippen LogP contribution in [-0.4, -0.2) is 169 Å². The summed E-state index contributed by atoms with van der Waals surface area (Å²) in [6, 6.07) is -0.757. The SMILES string of the molecule is CC[C@H]1OC(=O)[C@H](C)[C@@H](O[C@H]2C[C@@](C)(OC)[C@@H](O)[C@H](C)O2)[C@H](C)[C@@H](O[C@@H]2O[C@H](C)C[C@H](N(C)CCN)[C@H]2O)[C@@](C)(OC)C[C@@H](C)C2=NCCN3C(=O)O[C@@]1(C)[C@H]3[C@H]2C. The number of amides is 1. The lowest BCUT2D eigenvalue weighted by atomic mass is 9.72. The molecule has 5 rings (SSSR count). The molecule has 0 aromatic rings. The summed E-state index contributed by atoms with van der Waals surface area (Å²) in [6.45, 7) is 20.9. The summed E-state index contributed by atoms with van der Waals surface area (Å²) in [5.41, 5.74) is 3.57. The molecular weight excluding hydrogens is 752 g/mol. The van der Waals surface area contributed by atoms with Gasteiger partial charge in [-0.3, -0.25) is 19.6 Å². The first-order chi connectivity index (χ1) is 27.2. The monoisotopic (exact) mass is 827 g/mol. The Morgan fingerprint density at radius 1 is 0.966 bits per heavy atom. The minimum absolute atomic E-state index is 0.169. The summed E-state index contributed by atoms with van der Waals surface area (Å²) >= 11 is 0. The number of nitrogens with zero attached hydrogens (tertiary/aromatic N) is 3. The van der Waals surface area contributed by atoms with Crippen LogP contribution in [0.4, 0.5) is 4.79 Å². The van der Waals surface area contributed by atoms with Crippen molar-refractivity contribution in [3.63, 3.8) is 0 Å². The second-order valence-electron chi connectivity index (χ2n) is 18.4. The minimum Gasteiger partial charge on any atom is -0.458 e. The fraction of sp³-hybridized carbons (Fsp3) is 0.929. The van der Waals surface area contributed by atoms with Gasteiger partial charge in [0.25, 0.3) is 0 Å². The summed E-state index contributed by atoms with van der Waals surface area (Å²) in [5, 5.41) is 23.0. The predicted octanol–water partition coefficient (Wildman–Crippen LogP) is 3.12. The molecule has 4 N–H and O–H groups in total. The molecule has 18 atom stereocenters. The number of nitrogens with two attached hydrogens (primary N) is 1. The van der Waals surface area contributed by atoms with Crippen molar-refractivity contribution in [1.29, 1.82) is 0 Å². The van der Waals surface area contributed by atoms with Crippen LogP contribution in [0.15, 0.2) is 4.99 Å². The molecule has 0 unspecified atom stereocenters. The van der Waals surface area contributed by atoms with Crippen molar-refractivity contribution in [2.75, 3.05) is 47.4 Å². The summed E-state index contributed by atoms with van der Waals surface area (Å²) < 4.78 is 51.7. The number of hydrogen-bond donors (Lipinski definition) is 3. The van der Waals surface area contributed by atoms with Crippen molar-refractivity contribution in [2.24, 2.45) is 34.4 Å². The number of cyclic esters (lactones) is 1. The van der Waals surface area contributed by atoms with Crippen LogP contribution in [0.5, 0.6) is 0 Å². The number of carbonyl (C=O) groups excluding carboxylic acids is 2. The number of ether oxygens (including phenoxy) is 8. The highest BCUT2D eigenvalue weighted by Crippen LogP contribution is 2.45. The van der Waals surface area contributed by atoms with Crippen LogP contribution in [0.1, 0.15) is 94.9 Å². The van der Waals surface area contributed by atoms with Gasteiger partial charge in [0.15, 0.2) is 18.2 Å². The van der Waals surface area contributed by atoms with E-state index in [9.17, 15) is 19.8 Å². The van der Waals surface area contributed by atoms with Crippen LogP contribution in [0.25, 0.3) is 0 Å². The Morgan fingerprint density at radius 2 is 1.64 bits per heavy atom. The Hall–Kier alpha value is -1.99. The molecule has 5 aliphatic rings. The molecule has 1 amide bonds. The molecule has 0 aliphatic carbocycles. The molecular formula is C42H74N4O12. The maximum Gasteiger partial charge on any atom is 0.410 e. The fourth-order valence-electron chi connectivity index (χ4n) is 10.8. The largest absolute Gasteiger partial charge is 0.458 e. The van der Waals surface area contributed by atoms with E-state index >= 15 is 0 Å². The fourth-order valence-corrected chi connectivity index (χ4v) is 10.8. The number of aliphatic hydroxyl groups excluding tert-OH is 2. The molecule has 2 bridgehead atoms. The van der Waals surface area contributed by atoms with E-state index in [1.165, 1.54) is 7.11 Å².